The Morgan fingerprint density at radius 2 is 1.43 bits per heavy atom. The number of rotatable bonds is 12. The van der Waals surface area contributed by atoms with Gasteiger partial charge in [-0.05, 0) is 36.8 Å². The van der Waals surface area contributed by atoms with Gasteiger partial charge in [-0.15, -0.1) is 11.8 Å². The first-order valence-corrected chi connectivity index (χ1v) is 9.71. The fourth-order valence-electron chi connectivity index (χ4n) is 2.54. The van der Waals surface area contributed by atoms with E-state index in [1.807, 2.05) is 17.8 Å². The summed E-state index contributed by atoms with van der Waals surface area (Å²) in [5.41, 5.74) is 8.07. The zero-order valence-corrected chi connectivity index (χ0v) is 14.8. The maximum absolute atomic E-state index is 5.84. The van der Waals surface area contributed by atoms with E-state index in [1.165, 1.54) is 80.4 Å². The van der Waals surface area contributed by atoms with E-state index in [0.29, 0.717) is 0 Å². The quantitative estimate of drug-likeness (QED) is 0.268. The Hall–Kier alpha value is -0.630. The first-order valence-electron chi connectivity index (χ1n) is 8.73. The fraction of sp³-hybridized carbons (Fsp3) is 0.684. The van der Waals surface area contributed by atoms with Crippen molar-refractivity contribution < 1.29 is 0 Å². The van der Waals surface area contributed by atoms with E-state index >= 15 is 0 Å². The lowest BCUT2D eigenvalue weighted by molar-refractivity contribution is 0.563. The van der Waals surface area contributed by atoms with Crippen molar-refractivity contribution in [2.75, 3.05) is 11.5 Å². The lowest BCUT2D eigenvalue weighted by atomic mass is 10.1. The normalized spacial score (nSPS) is 11.0. The van der Waals surface area contributed by atoms with Crippen molar-refractivity contribution in [1.29, 1.82) is 0 Å². The van der Waals surface area contributed by atoms with Crippen molar-refractivity contribution in [2.45, 2.75) is 83.0 Å². The molecule has 0 aliphatic rings. The molecule has 0 aliphatic heterocycles. The van der Waals surface area contributed by atoms with Crippen molar-refractivity contribution in [3.05, 3.63) is 23.8 Å². The third kappa shape index (κ3) is 9.08. The van der Waals surface area contributed by atoms with Crippen molar-refractivity contribution in [3.63, 3.8) is 0 Å². The van der Waals surface area contributed by atoms with Crippen molar-refractivity contribution in [3.8, 4) is 0 Å². The van der Waals surface area contributed by atoms with E-state index in [9.17, 15) is 0 Å². The zero-order chi connectivity index (χ0) is 15.3. The SMILES string of the molecule is CCCCCCCCCCCCSc1cc(N)ccc1C. The van der Waals surface area contributed by atoms with E-state index in [0.717, 1.165) is 5.69 Å². The molecule has 0 saturated heterocycles. The van der Waals surface area contributed by atoms with Gasteiger partial charge in [-0.1, -0.05) is 70.8 Å². The van der Waals surface area contributed by atoms with Crippen LogP contribution >= 0.6 is 11.8 Å². The summed E-state index contributed by atoms with van der Waals surface area (Å²) in [6.07, 6.45) is 14.1. The Bertz CT molecular complexity index is 376. The summed E-state index contributed by atoms with van der Waals surface area (Å²) in [5.74, 6) is 1.22. The predicted molar refractivity (Wildman–Crippen MR) is 98.2 cm³/mol. The molecule has 0 atom stereocenters. The molecule has 0 amide bonds. The molecule has 0 bridgehead atoms. The zero-order valence-electron chi connectivity index (χ0n) is 14.0. The van der Waals surface area contributed by atoms with Gasteiger partial charge in [-0.3, -0.25) is 0 Å². The molecule has 0 unspecified atom stereocenters. The summed E-state index contributed by atoms with van der Waals surface area (Å²) in [4.78, 5) is 1.35. The number of nitrogen functional groups attached to an aromatic ring is 1. The second-order valence-corrected chi connectivity index (χ2v) is 7.19. The largest absolute Gasteiger partial charge is 0.399 e. The molecular formula is C19H33NS. The molecule has 0 spiro atoms. The van der Waals surface area contributed by atoms with Crippen LogP contribution in [0.3, 0.4) is 0 Å². The summed E-state index contributed by atoms with van der Waals surface area (Å²) < 4.78 is 0. The number of unbranched alkanes of at least 4 members (excludes halogenated alkanes) is 9. The number of hydrogen-bond acceptors (Lipinski definition) is 2. The Kier molecular flexibility index (Phi) is 10.5. The highest BCUT2D eigenvalue weighted by molar-refractivity contribution is 7.99. The minimum atomic E-state index is 0.881. The lowest BCUT2D eigenvalue weighted by Gasteiger charge is -2.06. The molecule has 1 nitrogen and oxygen atoms in total. The summed E-state index contributed by atoms with van der Waals surface area (Å²) >= 11 is 1.96. The van der Waals surface area contributed by atoms with Crippen LogP contribution in [-0.2, 0) is 0 Å². The molecular weight excluding hydrogens is 274 g/mol. The van der Waals surface area contributed by atoms with Crippen LogP contribution in [0.2, 0.25) is 0 Å². The van der Waals surface area contributed by atoms with Crippen LogP contribution < -0.4 is 5.73 Å². The maximum Gasteiger partial charge on any atom is 0.0325 e. The minimum Gasteiger partial charge on any atom is -0.399 e. The smallest absolute Gasteiger partial charge is 0.0325 e. The van der Waals surface area contributed by atoms with Gasteiger partial charge in [0, 0.05) is 10.6 Å². The second kappa shape index (κ2) is 12.0. The average Bonchev–Trinajstić information content (AvgIpc) is 2.48. The molecule has 0 aromatic heterocycles. The highest BCUT2D eigenvalue weighted by Gasteiger charge is 2.00. The summed E-state index contributed by atoms with van der Waals surface area (Å²) in [5, 5.41) is 0. The number of aryl methyl sites for hydroxylation is 1. The fourth-order valence-corrected chi connectivity index (χ4v) is 3.63. The average molecular weight is 308 g/mol. The molecule has 1 aromatic rings. The van der Waals surface area contributed by atoms with Gasteiger partial charge in [0.05, 0.1) is 0 Å². The topological polar surface area (TPSA) is 26.0 Å². The van der Waals surface area contributed by atoms with Gasteiger partial charge < -0.3 is 5.73 Å². The van der Waals surface area contributed by atoms with Crippen LogP contribution in [-0.4, -0.2) is 5.75 Å². The van der Waals surface area contributed by atoms with E-state index in [2.05, 4.69) is 26.0 Å². The van der Waals surface area contributed by atoms with Gasteiger partial charge in [-0.2, -0.15) is 0 Å². The van der Waals surface area contributed by atoms with Crippen LogP contribution in [0.4, 0.5) is 5.69 Å². The van der Waals surface area contributed by atoms with Crippen LogP contribution in [0.25, 0.3) is 0 Å². The molecule has 120 valence electrons. The maximum atomic E-state index is 5.84. The predicted octanol–water partition coefficient (Wildman–Crippen LogP) is 6.59. The van der Waals surface area contributed by atoms with E-state index in [4.69, 9.17) is 5.73 Å². The first kappa shape index (κ1) is 18.4. The first-order chi connectivity index (χ1) is 10.2. The number of hydrogen-bond donors (Lipinski definition) is 1. The highest BCUT2D eigenvalue weighted by Crippen LogP contribution is 2.25. The van der Waals surface area contributed by atoms with E-state index in [-0.39, 0.29) is 0 Å². The molecule has 0 radical (unpaired) electrons. The molecule has 0 fully saturated rings. The van der Waals surface area contributed by atoms with Gasteiger partial charge in [0.2, 0.25) is 0 Å². The monoisotopic (exact) mass is 307 g/mol. The molecule has 2 N–H and O–H groups in total. The van der Waals surface area contributed by atoms with Crippen molar-refractivity contribution >= 4 is 17.4 Å². The van der Waals surface area contributed by atoms with Crippen LogP contribution in [0, 0.1) is 6.92 Å². The van der Waals surface area contributed by atoms with E-state index < -0.39 is 0 Å². The molecule has 0 saturated carbocycles. The van der Waals surface area contributed by atoms with Gasteiger partial charge >= 0.3 is 0 Å². The van der Waals surface area contributed by atoms with Crippen LogP contribution in [0.1, 0.15) is 76.7 Å². The Morgan fingerprint density at radius 1 is 0.857 bits per heavy atom. The molecule has 2 heteroatoms. The standard InChI is InChI=1S/C19H33NS/c1-3-4-5-6-7-8-9-10-11-12-15-21-19-16-18(20)14-13-17(19)2/h13-14,16H,3-12,15,20H2,1-2H3. The summed E-state index contributed by atoms with van der Waals surface area (Å²) in [6, 6.07) is 6.21. The Labute approximate surface area is 136 Å². The third-order valence-corrected chi connectivity index (χ3v) is 5.21. The molecule has 21 heavy (non-hydrogen) atoms. The molecule has 1 rings (SSSR count). The highest BCUT2D eigenvalue weighted by atomic mass is 32.2. The minimum absolute atomic E-state index is 0.881. The third-order valence-electron chi connectivity index (χ3n) is 3.97. The molecule has 1 aromatic carbocycles. The van der Waals surface area contributed by atoms with Gasteiger partial charge in [0.1, 0.15) is 0 Å². The van der Waals surface area contributed by atoms with Crippen LogP contribution in [0.15, 0.2) is 23.1 Å². The second-order valence-electron chi connectivity index (χ2n) is 6.06. The number of benzene rings is 1. The number of nitrogens with two attached hydrogens (primary N) is 1. The summed E-state index contributed by atoms with van der Waals surface area (Å²) in [6.45, 7) is 4.45. The lowest BCUT2D eigenvalue weighted by Crippen LogP contribution is -1.89. The number of thioether (sulfide) groups is 1. The Balaban J connectivity index is 1.94. The van der Waals surface area contributed by atoms with Crippen molar-refractivity contribution in [1.82, 2.24) is 0 Å². The summed E-state index contributed by atoms with van der Waals surface area (Å²) in [7, 11) is 0. The van der Waals surface area contributed by atoms with Crippen LogP contribution in [0.5, 0.6) is 0 Å². The van der Waals surface area contributed by atoms with E-state index in [1.54, 1.807) is 0 Å². The molecule has 0 aliphatic carbocycles. The van der Waals surface area contributed by atoms with Gasteiger partial charge in [0.15, 0.2) is 0 Å². The molecule has 0 heterocycles. The van der Waals surface area contributed by atoms with Gasteiger partial charge in [0.25, 0.3) is 0 Å². The van der Waals surface area contributed by atoms with Crippen molar-refractivity contribution in [2.24, 2.45) is 0 Å². The number of anilines is 1. The van der Waals surface area contributed by atoms with Gasteiger partial charge in [-0.25, -0.2) is 0 Å². The Morgan fingerprint density at radius 3 is 2.05 bits per heavy atom.